The van der Waals surface area contributed by atoms with E-state index in [9.17, 15) is 9.59 Å². The van der Waals surface area contributed by atoms with E-state index in [1.165, 1.54) is 11.8 Å². The number of carbonyl (C=O) groups excluding carboxylic acids is 2. The summed E-state index contributed by atoms with van der Waals surface area (Å²) in [7, 11) is 0. The van der Waals surface area contributed by atoms with Crippen molar-refractivity contribution >= 4 is 23.2 Å². The van der Waals surface area contributed by atoms with E-state index in [2.05, 4.69) is 5.32 Å². The van der Waals surface area contributed by atoms with Crippen LogP contribution in [0, 0.1) is 11.3 Å². The Hall–Kier alpha value is -3.33. The van der Waals surface area contributed by atoms with E-state index >= 15 is 0 Å². The Kier molecular flexibility index (Phi) is 6.75. The molecule has 0 aliphatic carbocycles. The summed E-state index contributed by atoms with van der Waals surface area (Å²) < 4.78 is 5.39. The zero-order valence-corrected chi connectivity index (χ0v) is 14.9. The Bertz CT molecular complexity index is 810. The van der Waals surface area contributed by atoms with E-state index in [1.54, 1.807) is 48.5 Å². The monoisotopic (exact) mass is 351 g/mol. The molecule has 26 heavy (non-hydrogen) atoms. The summed E-state index contributed by atoms with van der Waals surface area (Å²) in [4.78, 5) is 25.7. The molecule has 0 heterocycles. The van der Waals surface area contributed by atoms with Gasteiger partial charge in [0.2, 0.25) is 11.8 Å². The van der Waals surface area contributed by atoms with Gasteiger partial charge in [0.15, 0.2) is 0 Å². The highest BCUT2D eigenvalue weighted by atomic mass is 16.5. The average molecular weight is 351 g/mol. The van der Waals surface area contributed by atoms with Gasteiger partial charge in [0.25, 0.3) is 0 Å². The molecular weight excluding hydrogens is 330 g/mol. The molecule has 2 aromatic carbocycles. The van der Waals surface area contributed by atoms with Gasteiger partial charge in [-0.25, -0.2) is 0 Å². The summed E-state index contributed by atoms with van der Waals surface area (Å²) in [6.07, 6.45) is 0.118. The maximum Gasteiger partial charge on any atom is 0.226 e. The molecule has 0 bridgehead atoms. The summed E-state index contributed by atoms with van der Waals surface area (Å²) in [6.45, 7) is 4.17. The van der Waals surface area contributed by atoms with Crippen molar-refractivity contribution in [3.8, 4) is 11.8 Å². The van der Waals surface area contributed by atoms with E-state index in [1.807, 2.05) is 13.0 Å². The van der Waals surface area contributed by atoms with Crippen LogP contribution in [-0.4, -0.2) is 25.0 Å². The minimum atomic E-state index is -0.259. The Morgan fingerprint density at radius 2 is 1.85 bits per heavy atom. The van der Waals surface area contributed by atoms with Gasteiger partial charge in [-0.3, -0.25) is 9.59 Å². The molecule has 0 unspecified atom stereocenters. The number of nitriles is 1. The average Bonchev–Trinajstić information content (AvgIpc) is 2.63. The van der Waals surface area contributed by atoms with Crippen LogP contribution < -0.4 is 15.0 Å². The summed E-state index contributed by atoms with van der Waals surface area (Å²) in [5.41, 5.74) is 1.57. The van der Waals surface area contributed by atoms with Crippen LogP contribution in [0.15, 0.2) is 48.5 Å². The molecule has 0 spiro atoms. The maximum absolute atomic E-state index is 12.2. The molecule has 6 nitrogen and oxygen atoms in total. The molecule has 6 heteroatoms. The number of nitrogens with zero attached hydrogens (tertiary/aromatic N) is 2. The van der Waals surface area contributed by atoms with Gasteiger partial charge in [0.1, 0.15) is 11.8 Å². The molecule has 0 aromatic heterocycles. The van der Waals surface area contributed by atoms with Crippen molar-refractivity contribution in [2.24, 2.45) is 0 Å². The Balaban J connectivity index is 2.01. The molecule has 0 saturated heterocycles. The number of para-hydroxylation sites is 1. The van der Waals surface area contributed by atoms with Gasteiger partial charge >= 0.3 is 0 Å². The third-order valence-corrected chi connectivity index (χ3v) is 3.72. The number of rotatable bonds is 7. The molecule has 0 aliphatic rings. The van der Waals surface area contributed by atoms with Crippen LogP contribution in [0.2, 0.25) is 0 Å². The third kappa shape index (κ3) is 5.08. The summed E-state index contributed by atoms with van der Waals surface area (Å²) in [5.74, 6) is 0.315. The van der Waals surface area contributed by atoms with Crippen LogP contribution in [0.4, 0.5) is 11.4 Å². The normalized spacial score (nSPS) is 9.88. The number of anilines is 2. The lowest BCUT2D eigenvalue weighted by Gasteiger charge is -2.21. The number of hydrogen-bond donors (Lipinski definition) is 1. The zero-order chi connectivity index (χ0) is 18.9. The van der Waals surface area contributed by atoms with Crippen molar-refractivity contribution in [1.82, 2.24) is 0 Å². The molecule has 0 fully saturated rings. The molecule has 0 saturated carbocycles. The first-order valence-electron chi connectivity index (χ1n) is 8.35. The molecule has 0 radical (unpaired) electrons. The van der Waals surface area contributed by atoms with E-state index in [-0.39, 0.29) is 24.8 Å². The third-order valence-electron chi connectivity index (χ3n) is 3.72. The maximum atomic E-state index is 12.2. The molecule has 2 amide bonds. The van der Waals surface area contributed by atoms with Crippen LogP contribution in [0.5, 0.6) is 5.75 Å². The zero-order valence-electron chi connectivity index (χ0n) is 14.9. The van der Waals surface area contributed by atoms with Crippen LogP contribution in [0.3, 0.4) is 0 Å². The summed E-state index contributed by atoms with van der Waals surface area (Å²) in [6, 6.07) is 16.0. The van der Waals surface area contributed by atoms with E-state index in [0.717, 1.165) is 5.75 Å². The van der Waals surface area contributed by atoms with E-state index in [0.29, 0.717) is 23.5 Å². The number of ether oxygens (including phenoxy) is 1. The van der Waals surface area contributed by atoms with Gasteiger partial charge in [0, 0.05) is 25.6 Å². The van der Waals surface area contributed by atoms with Crippen LogP contribution in [0.25, 0.3) is 0 Å². The van der Waals surface area contributed by atoms with Gasteiger partial charge in [-0.05, 0) is 43.3 Å². The predicted molar refractivity (Wildman–Crippen MR) is 100 cm³/mol. The lowest BCUT2D eigenvalue weighted by molar-refractivity contribution is -0.117. The second kappa shape index (κ2) is 9.23. The molecule has 2 rings (SSSR count). The van der Waals surface area contributed by atoms with Crippen molar-refractivity contribution in [3.05, 3.63) is 54.1 Å². The Morgan fingerprint density at radius 1 is 1.15 bits per heavy atom. The fraction of sp³-hybridized carbons (Fsp3) is 0.250. The molecule has 2 aromatic rings. The van der Waals surface area contributed by atoms with Gasteiger partial charge in [-0.15, -0.1) is 0 Å². The lowest BCUT2D eigenvalue weighted by Crippen LogP contribution is -2.32. The largest absolute Gasteiger partial charge is 0.494 e. The molecular formula is C20H21N3O3. The number of benzene rings is 2. The van der Waals surface area contributed by atoms with Crippen molar-refractivity contribution in [1.29, 1.82) is 5.26 Å². The van der Waals surface area contributed by atoms with Gasteiger partial charge in [-0.1, -0.05) is 12.1 Å². The van der Waals surface area contributed by atoms with Crippen molar-refractivity contribution < 1.29 is 14.3 Å². The first kappa shape index (κ1) is 19.0. The van der Waals surface area contributed by atoms with Crippen LogP contribution >= 0.6 is 0 Å². The predicted octanol–water partition coefficient (Wildman–Crippen LogP) is 3.34. The highest BCUT2D eigenvalue weighted by molar-refractivity contribution is 5.95. The van der Waals surface area contributed by atoms with Crippen LogP contribution in [-0.2, 0) is 9.59 Å². The number of hydrogen-bond acceptors (Lipinski definition) is 4. The standard InChI is InChI=1S/C20H21N3O3/c1-3-26-18-10-8-17(9-11-18)23(15(2)24)13-12-20(25)22-19-7-5-4-6-16(19)14-21/h4-11H,3,12-13H2,1-2H3,(H,22,25). The van der Waals surface area contributed by atoms with Crippen LogP contribution in [0.1, 0.15) is 25.8 Å². The van der Waals surface area contributed by atoms with Gasteiger partial charge in [-0.2, -0.15) is 5.26 Å². The van der Waals surface area contributed by atoms with Gasteiger partial charge in [0.05, 0.1) is 17.9 Å². The molecule has 0 atom stereocenters. The first-order chi connectivity index (χ1) is 12.5. The number of amides is 2. The van der Waals surface area contributed by atoms with E-state index < -0.39 is 0 Å². The minimum Gasteiger partial charge on any atom is -0.494 e. The molecule has 0 aliphatic heterocycles. The number of nitrogens with one attached hydrogen (secondary N) is 1. The Labute approximate surface area is 153 Å². The molecule has 1 N–H and O–H groups in total. The van der Waals surface area contributed by atoms with Crippen molar-refractivity contribution in [2.45, 2.75) is 20.3 Å². The highest BCUT2D eigenvalue weighted by Gasteiger charge is 2.14. The minimum absolute atomic E-state index is 0.118. The fourth-order valence-electron chi connectivity index (χ4n) is 2.47. The van der Waals surface area contributed by atoms with Gasteiger partial charge < -0.3 is 15.0 Å². The van der Waals surface area contributed by atoms with E-state index in [4.69, 9.17) is 10.00 Å². The summed E-state index contributed by atoms with van der Waals surface area (Å²) >= 11 is 0. The van der Waals surface area contributed by atoms with Crippen molar-refractivity contribution in [2.75, 3.05) is 23.4 Å². The Morgan fingerprint density at radius 3 is 2.46 bits per heavy atom. The SMILES string of the molecule is CCOc1ccc(N(CCC(=O)Nc2ccccc2C#N)C(C)=O)cc1. The summed E-state index contributed by atoms with van der Waals surface area (Å²) in [5, 5.41) is 11.8. The first-order valence-corrected chi connectivity index (χ1v) is 8.35. The lowest BCUT2D eigenvalue weighted by atomic mass is 10.2. The molecule has 134 valence electrons. The van der Waals surface area contributed by atoms with Crippen molar-refractivity contribution in [3.63, 3.8) is 0 Å². The number of carbonyl (C=O) groups is 2. The quantitative estimate of drug-likeness (QED) is 0.829. The topological polar surface area (TPSA) is 82.4 Å². The fourth-order valence-corrected chi connectivity index (χ4v) is 2.47. The highest BCUT2D eigenvalue weighted by Crippen LogP contribution is 2.20. The second-order valence-electron chi connectivity index (χ2n) is 5.55. The smallest absolute Gasteiger partial charge is 0.226 e. The second-order valence-corrected chi connectivity index (χ2v) is 5.55.